The fraction of sp³-hybridized carbons (Fsp3) is 0. The lowest BCUT2D eigenvalue weighted by atomic mass is 10.2. The zero-order valence-corrected chi connectivity index (χ0v) is 20.3. The molecule has 0 fully saturated rings. The van der Waals surface area contributed by atoms with Gasteiger partial charge in [-0.15, -0.1) is 0 Å². The second-order valence-corrected chi connectivity index (χ2v) is 8.91. The smallest absolute Gasteiger partial charge is 0.169 e. The number of ether oxygens (including phenoxy) is 2. The summed E-state index contributed by atoms with van der Waals surface area (Å²) < 4.78 is 12.6. The number of rotatable bonds is 6. The van der Waals surface area contributed by atoms with E-state index in [0.29, 0.717) is 23.0 Å². The molecule has 2 aromatic heterocycles. The monoisotopic (exact) mass is 494 g/mol. The molecule has 0 aliphatic carbocycles. The highest BCUT2D eigenvalue weighted by Crippen LogP contribution is 2.36. The number of hydrogen-bond acceptors (Lipinski definition) is 4. The van der Waals surface area contributed by atoms with Crippen LogP contribution >= 0.6 is 0 Å². The van der Waals surface area contributed by atoms with E-state index in [2.05, 4.69) is 9.97 Å². The average molecular weight is 495 g/mol. The van der Waals surface area contributed by atoms with E-state index in [-0.39, 0.29) is 0 Å². The predicted molar refractivity (Wildman–Crippen MR) is 150 cm³/mol. The number of nitrogens with one attached hydrogen (secondary N) is 2. The van der Waals surface area contributed by atoms with Gasteiger partial charge >= 0.3 is 0 Å². The Labute approximate surface area is 218 Å². The van der Waals surface area contributed by atoms with Crippen LogP contribution in [-0.2, 0) is 0 Å². The van der Waals surface area contributed by atoms with E-state index in [1.54, 1.807) is 0 Å². The molecule has 0 saturated carbocycles. The van der Waals surface area contributed by atoms with Gasteiger partial charge in [0.15, 0.2) is 11.5 Å². The Morgan fingerprint density at radius 1 is 0.447 bits per heavy atom. The lowest BCUT2D eigenvalue weighted by molar-refractivity contribution is 0.419. The first-order valence-electron chi connectivity index (χ1n) is 12.3. The molecule has 0 atom stereocenters. The Morgan fingerprint density at radius 3 is 1.37 bits per heavy atom. The fourth-order valence-electron chi connectivity index (χ4n) is 4.47. The molecule has 6 nitrogen and oxygen atoms in total. The quantitative estimate of drug-likeness (QED) is 0.244. The van der Waals surface area contributed by atoms with Gasteiger partial charge in [0.25, 0.3) is 0 Å². The van der Waals surface area contributed by atoms with Gasteiger partial charge in [-0.25, -0.2) is 9.97 Å². The van der Waals surface area contributed by atoms with Gasteiger partial charge in [0.2, 0.25) is 0 Å². The Kier molecular flexibility index (Phi) is 5.33. The van der Waals surface area contributed by atoms with E-state index in [0.717, 1.165) is 44.8 Å². The Bertz CT molecular complexity index is 1700. The first-order valence-corrected chi connectivity index (χ1v) is 12.3. The SMILES string of the molecule is c1cc(Oc2ccccc2Oc2cccc(-c3nc4ccccc4[nH]3)c2)cc(-c2nc3ccccc3[nH]2)c1. The van der Waals surface area contributed by atoms with E-state index in [1.165, 1.54) is 0 Å². The highest BCUT2D eigenvalue weighted by atomic mass is 16.5. The molecule has 2 heterocycles. The van der Waals surface area contributed by atoms with Crippen molar-refractivity contribution < 1.29 is 9.47 Å². The van der Waals surface area contributed by atoms with E-state index < -0.39 is 0 Å². The third-order valence-corrected chi connectivity index (χ3v) is 6.30. The first-order chi connectivity index (χ1) is 18.8. The number of imidazole rings is 2. The summed E-state index contributed by atoms with van der Waals surface area (Å²) in [7, 11) is 0. The standard InChI is InChI=1S/C32H22N4O2/c1-2-14-26-25(13-1)33-31(34-26)21-9-7-11-23(19-21)37-29-17-5-6-18-30(29)38-24-12-8-10-22(20-24)32-35-27-15-3-4-16-28(27)36-32/h1-20H,(H,33,34)(H,35,36). The molecular formula is C32H22N4O2. The first kappa shape index (κ1) is 21.9. The zero-order valence-electron chi connectivity index (χ0n) is 20.3. The average Bonchev–Trinajstić information content (AvgIpc) is 3.59. The zero-order chi connectivity index (χ0) is 25.3. The van der Waals surface area contributed by atoms with Crippen LogP contribution in [0.4, 0.5) is 0 Å². The summed E-state index contributed by atoms with van der Waals surface area (Å²) in [4.78, 5) is 16.2. The molecular weight excluding hydrogens is 472 g/mol. The number of hydrogen-bond donors (Lipinski definition) is 2. The number of aromatic amines is 2. The molecule has 0 radical (unpaired) electrons. The summed E-state index contributed by atoms with van der Waals surface area (Å²) in [6.45, 7) is 0. The van der Waals surface area contributed by atoms with Gasteiger partial charge in [-0.2, -0.15) is 0 Å². The van der Waals surface area contributed by atoms with E-state index in [4.69, 9.17) is 19.4 Å². The third kappa shape index (κ3) is 4.24. The van der Waals surface area contributed by atoms with Gasteiger partial charge in [-0.3, -0.25) is 0 Å². The second-order valence-electron chi connectivity index (χ2n) is 8.91. The molecule has 5 aromatic carbocycles. The largest absolute Gasteiger partial charge is 0.453 e. The van der Waals surface area contributed by atoms with Gasteiger partial charge < -0.3 is 19.4 Å². The maximum absolute atomic E-state index is 6.29. The van der Waals surface area contributed by atoms with Crippen LogP contribution in [0.3, 0.4) is 0 Å². The molecule has 0 aliphatic rings. The molecule has 0 unspecified atom stereocenters. The topological polar surface area (TPSA) is 75.8 Å². The van der Waals surface area contributed by atoms with Crippen molar-refractivity contribution in [3.8, 4) is 45.8 Å². The summed E-state index contributed by atoms with van der Waals surface area (Å²) in [5.41, 5.74) is 5.73. The van der Waals surface area contributed by atoms with Crippen molar-refractivity contribution in [3.05, 3.63) is 121 Å². The summed E-state index contributed by atoms with van der Waals surface area (Å²) in [5.74, 6) is 4.20. The molecule has 0 aliphatic heterocycles. The molecule has 7 aromatic rings. The van der Waals surface area contributed by atoms with Crippen molar-refractivity contribution in [3.63, 3.8) is 0 Å². The van der Waals surface area contributed by atoms with Crippen molar-refractivity contribution in [2.75, 3.05) is 0 Å². The Morgan fingerprint density at radius 2 is 0.895 bits per heavy atom. The summed E-state index contributed by atoms with van der Waals surface area (Å²) in [6.07, 6.45) is 0. The van der Waals surface area contributed by atoms with Gasteiger partial charge in [0.05, 0.1) is 22.1 Å². The molecule has 6 heteroatoms. The molecule has 0 saturated heterocycles. The maximum atomic E-state index is 6.29. The van der Waals surface area contributed by atoms with Crippen molar-refractivity contribution in [2.24, 2.45) is 0 Å². The fourth-order valence-corrected chi connectivity index (χ4v) is 4.47. The summed E-state index contributed by atoms with van der Waals surface area (Å²) >= 11 is 0. The minimum absolute atomic E-state index is 0.614. The number of nitrogens with zero attached hydrogens (tertiary/aromatic N) is 2. The van der Waals surface area contributed by atoms with Crippen molar-refractivity contribution in [2.45, 2.75) is 0 Å². The lowest BCUT2D eigenvalue weighted by Crippen LogP contribution is -1.91. The van der Waals surface area contributed by atoms with Crippen LogP contribution in [0.15, 0.2) is 121 Å². The van der Waals surface area contributed by atoms with Gasteiger partial charge in [-0.1, -0.05) is 60.7 Å². The number of para-hydroxylation sites is 6. The third-order valence-electron chi connectivity index (χ3n) is 6.30. The Hall–Kier alpha value is -5.36. The van der Waals surface area contributed by atoms with Crippen molar-refractivity contribution >= 4 is 22.1 Å². The molecule has 0 bridgehead atoms. The van der Waals surface area contributed by atoms with E-state index in [9.17, 15) is 0 Å². The number of H-pyrrole nitrogens is 2. The van der Waals surface area contributed by atoms with Gasteiger partial charge in [0, 0.05) is 11.1 Å². The highest BCUT2D eigenvalue weighted by Gasteiger charge is 2.11. The molecule has 182 valence electrons. The number of aromatic nitrogens is 4. The number of fused-ring (bicyclic) bond motifs is 2. The van der Waals surface area contributed by atoms with Crippen LogP contribution in [0.1, 0.15) is 0 Å². The van der Waals surface area contributed by atoms with Crippen LogP contribution in [0.25, 0.3) is 44.8 Å². The predicted octanol–water partition coefficient (Wildman–Crippen LogP) is 8.36. The van der Waals surface area contributed by atoms with E-state index in [1.807, 2.05) is 121 Å². The molecule has 0 amide bonds. The van der Waals surface area contributed by atoms with Crippen LogP contribution in [-0.4, -0.2) is 19.9 Å². The lowest BCUT2D eigenvalue weighted by Gasteiger charge is -2.13. The van der Waals surface area contributed by atoms with E-state index >= 15 is 0 Å². The Balaban J connectivity index is 1.15. The minimum Gasteiger partial charge on any atom is -0.453 e. The van der Waals surface area contributed by atoms with Crippen LogP contribution in [0, 0.1) is 0 Å². The van der Waals surface area contributed by atoms with Crippen LogP contribution in [0.2, 0.25) is 0 Å². The molecule has 0 spiro atoms. The molecule has 38 heavy (non-hydrogen) atoms. The van der Waals surface area contributed by atoms with Gasteiger partial charge in [-0.05, 0) is 60.7 Å². The van der Waals surface area contributed by atoms with Crippen molar-refractivity contribution in [1.29, 1.82) is 0 Å². The highest BCUT2D eigenvalue weighted by molar-refractivity contribution is 5.80. The molecule has 7 rings (SSSR count). The van der Waals surface area contributed by atoms with Crippen molar-refractivity contribution in [1.82, 2.24) is 19.9 Å². The second kappa shape index (κ2) is 9.26. The summed E-state index contributed by atoms with van der Waals surface area (Å²) in [5, 5.41) is 0. The van der Waals surface area contributed by atoms with Crippen LogP contribution < -0.4 is 9.47 Å². The van der Waals surface area contributed by atoms with Crippen LogP contribution in [0.5, 0.6) is 23.0 Å². The summed E-state index contributed by atoms with van der Waals surface area (Å²) in [6, 6.07) is 39.3. The normalized spacial score (nSPS) is 11.2. The molecule has 2 N–H and O–H groups in total. The minimum atomic E-state index is 0.614. The van der Waals surface area contributed by atoms with Gasteiger partial charge in [0.1, 0.15) is 23.1 Å². The number of benzene rings is 5. The maximum Gasteiger partial charge on any atom is 0.169 e.